The lowest BCUT2D eigenvalue weighted by atomic mass is 9.99. The monoisotopic (exact) mass is 216 g/mol. The highest BCUT2D eigenvalue weighted by Gasteiger charge is 2.37. The zero-order chi connectivity index (χ0) is 10.6. The summed E-state index contributed by atoms with van der Waals surface area (Å²) in [4.78, 5) is 0. The van der Waals surface area contributed by atoms with Crippen molar-refractivity contribution in [2.24, 2.45) is 5.92 Å². The molecule has 0 heterocycles. The minimum Gasteiger partial charge on any atom is -0.383 e. The van der Waals surface area contributed by atoms with Crippen LogP contribution in [0.3, 0.4) is 0 Å². The highest BCUT2D eigenvalue weighted by molar-refractivity contribution is 7.80. The van der Waals surface area contributed by atoms with Crippen LogP contribution in [0.2, 0.25) is 0 Å². The molecular formula is C10H20N2OS. The molecule has 1 fully saturated rings. The Hall–Kier alpha value is -0.350. The first-order valence-corrected chi connectivity index (χ1v) is 5.52. The summed E-state index contributed by atoms with van der Waals surface area (Å²) >= 11 is 5.18. The molecule has 1 saturated carbocycles. The van der Waals surface area contributed by atoms with Gasteiger partial charge >= 0.3 is 0 Å². The molecular weight excluding hydrogens is 196 g/mol. The summed E-state index contributed by atoms with van der Waals surface area (Å²) in [6, 6.07) is 0. The lowest BCUT2D eigenvalue weighted by Gasteiger charge is -2.28. The molecule has 82 valence electrons. The molecule has 0 aromatic carbocycles. The topological polar surface area (TPSA) is 33.3 Å². The van der Waals surface area contributed by atoms with Crippen molar-refractivity contribution in [3.8, 4) is 0 Å². The number of nitrogens with one attached hydrogen (secondary N) is 2. The molecule has 0 amide bonds. The van der Waals surface area contributed by atoms with E-state index in [1.807, 2.05) is 0 Å². The van der Waals surface area contributed by atoms with Crippen LogP contribution in [0.4, 0.5) is 0 Å². The van der Waals surface area contributed by atoms with Crippen molar-refractivity contribution in [2.45, 2.75) is 32.2 Å². The highest BCUT2D eigenvalue weighted by atomic mass is 32.1. The Morgan fingerprint density at radius 3 is 2.64 bits per heavy atom. The summed E-state index contributed by atoms with van der Waals surface area (Å²) in [5, 5.41) is 7.19. The molecule has 0 aromatic heterocycles. The lowest BCUT2D eigenvalue weighted by molar-refractivity contribution is 0.203. The molecule has 14 heavy (non-hydrogen) atoms. The first-order chi connectivity index (χ1) is 6.56. The maximum atomic E-state index is 5.18. The van der Waals surface area contributed by atoms with Crippen molar-refractivity contribution in [1.82, 2.24) is 10.6 Å². The van der Waals surface area contributed by atoms with Crippen molar-refractivity contribution in [3.05, 3.63) is 0 Å². The van der Waals surface area contributed by atoms with E-state index in [0.29, 0.717) is 6.61 Å². The molecule has 3 nitrogen and oxygen atoms in total. The molecule has 0 bridgehead atoms. The number of methoxy groups -OCH3 is 1. The van der Waals surface area contributed by atoms with E-state index in [4.69, 9.17) is 17.0 Å². The normalized spacial score (nSPS) is 16.5. The molecule has 4 heteroatoms. The van der Waals surface area contributed by atoms with Crippen LogP contribution in [0.1, 0.15) is 26.7 Å². The molecule has 1 aliphatic carbocycles. The number of ether oxygens (including phenoxy) is 1. The van der Waals surface area contributed by atoms with Gasteiger partial charge in [0.15, 0.2) is 5.11 Å². The molecule has 0 radical (unpaired) electrons. The van der Waals surface area contributed by atoms with Gasteiger partial charge < -0.3 is 15.4 Å². The molecule has 0 aromatic rings. The number of hydrogen-bond donors (Lipinski definition) is 2. The van der Waals surface area contributed by atoms with Crippen molar-refractivity contribution in [2.75, 3.05) is 20.3 Å². The van der Waals surface area contributed by atoms with Crippen molar-refractivity contribution >= 4 is 17.3 Å². The maximum absolute atomic E-state index is 5.18. The maximum Gasteiger partial charge on any atom is 0.166 e. The van der Waals surface area contributed by atoms with Gasteiger partial charge in [0.05, 0.1) is 6.61 Å². The van der Waals surface area contributed by atoms with E-state index in [1.165, 1.54) is 12.8 Å². The fourth-order valence-corrected chi connectivity index (χ4v) is 1.88. The first kappa shape index (κ1) is 11.7. The third-order valence-corrected chi connectivity index (χ3v) is 2.87. The summed E-state index contributed by atoms with van der Waals surface area (Å²) in [7, 11) is 1.69. The Bertz CT molecular complexity index is 202. The van der Waals surface area contributed by atoms with Gasteiger partial charge in [0.1, 0.15) is 0 Å². The van der Waals surface area contributed by atoms with E-state index in [0.717, 1.165) is 17.6 Å². The zero-order valence-corrected chi connectivity index (χ0v) is 10.0. The third-order valence-electron chi connectivity index (χ3n) is 2.63. The molecule has 1 aliphatic rings. The van der Waals surface area contributed by atoms with Gasteiger partial charge in [-0.25, -0.2) is 0 Å². The van der Waals surface area contributed by atoms with Crippen LogP contribution in [0.25, 0.3) is 0 Å². The first-order valence-electron chi connectivity index (χ1n) is 5.11. The predicted octanol–water partition coefficient (Wildman–Crippen LogP) is 1.29. The number of rotatable bonds is 5. The fraction of sp³-hybridized carbons (Fsp3) is 0.900. The van der Waals surface area contributed by atoms with Crippen LogP contribution in [0.5, 0.6) is 0 Å². The van der Waals surface area contributed by atoms with Gasteiger partial charge in [-0.3, -0.25) is 0 Å². The quantitative estimate of drug-likeness (QED) is 0.536. The fourth-order valence-electron chi connectivity index (χ4n) is 1.51. The Labute approximate surface area is 91.6 Å². The van der Waals surface area contributed by atoms with E-state index in [2.05, 4.69) is 24.5 Å². The number of hydrogen-bond acceptors (Lipinski definition) is 2. The average Bonchev–Trinajstić information content (AvgIpc) is 2.85. The molecule has 0 atom stereocenters. The van der Waals surface area contributed by atoms with E-state index in [-0.39, 0.29) is 5.54 Å². The van der Waals surface area contributed by atoms with Crippen molar-refractivity contribution < 1.29 is 4.74 Å². The number of thiocarbonyl (C=S) groups is 1. The standard InChI is InChI=1S/C10H20N2OS/c1-10(2,8-4-5-8)12-9(14)11-6-7-13-3/h8H,4-7H2,1-3H3,(H2,11,12,14). The Kier molecular flexibility index (Phi) is 4.13. The second kappa shape index (κ2) is 4.94. The van der Waals surface area contributed by atoms with Gasteiger partial charge in [0.25, 0.3) is 0 Å². The molecule has 0 unspecified atom stereocenters. The zero-order valence-electron chi connectivity index (χ0n) is 9.22. The predicted molar refractivity (Wildman–Crippen MR) is 62.4 cm³/mol. The van der Waals surface area contributed by atoms with E-state index in [9.17, 15) is 0 Å². The second-order valence-corrected chi connectivity index (χ2v) is 4.78. The smallest absolute Gasteiger partial charge is 0.166 e. The van der Waals surface area contributed by atoms with Gasteiger partial charge in [-0.15, -0.1) is 0 Å². The summed E-state index contributed by atoms with van der Waals surface area (Å²) in [5.41, 5.74) is 0.136. The van der Waals surface area contributed by atoms with Crippen LogP contribution in [-0.2, 0) is 4.74 Å². The van der Waals surface area contributed by atoms with E-state index < -0.39 is 0 Å². The minimum absolute atomic E-state index is 0.136. The van der Waals surface area contributed by atoms with Crippen molar-refractivity contribution in [3.63, 3.8) is 0 Å². The molecule has 1 rings (SSSR count). The van der Waals surface area contributed by atoms with Crippen molar-refractivity contribution in [1.29, 1.82) is 0 Å². The van der Waals surface area contributed by atoms with Crippen LogP contribution >= 0.6 is 12.2 Å². The average molecular weight is 216 g/mol. The Balaban J connectivity index is 2.18. The summed E-state index contributed by atoms with van der Waals surface area (Å²) in [5.74, 6) is 0.782. The minimum atomic E-state index is 0.136. The SMILES string of the molecule is COCCNC(=S)NC(C)(C)C1CC1. The van der Waals surface area contributed by atoms with Crippen LogP contribution in [0, 0.1) is 5.92 Å². The Morgan fingerprint density at radius 1 is 1.50 bits per heavy atom. The molecule has 0 saturated heterocycles. The van der Waals surface area contributed by atoms with Crippen LogP contribution in [0.15, 0.2) is 0 Å². The summed E-state index contributed by atoms with van der Waals surface area (Å²) < 4.78 is 4.93. The molecule has 0 spiro atoms. The lowest BCUT2D eigenvalue weighted by Crippen LogP contribution is -2.50. The van der Waals surface area contributed by atoms with Gasteiger partial charge in [-0.05, 0) is 44.8 Å². The summed E-state index contributed by atoms with van der Waals surface area (Å²) in [6.45, 7) is 5.86. The van der Waals surface area contributed by atoms with Gasteiger partial charge in [0.2, 0.25) is 0 Å². The van der Waals surface area contributed by atoms with Gasteiger partial charge in [-0.1, -0.05) is 0 Å². The van der Waals surface area contributed by atoms with Crippen LogP contribution in [-0.4, -0.2) is 30.9 Å². The second-order valence-electron chi connectivity index (χ2n) is 4.37. The Morgan fingerprint density at radius 2 is 2.14 bits per heavy atom. The molecule has 2 N–H and O–H groups in total. The van der Waals surface area contributed by atoms with E-state index in [1.54, 1.807) is 7.11 Å². The largest absolute Gasteiger partial charge is 0.383 e. The van der Waals surface area contributed by atoms with Crippen LogP contribution < -0.4 is 10.6 Å². The van der Waals surface area contributed by atoms with E-state index >= 15 is 0 Å². The van der Waals surface area contributed by atoms with Gasteiger partial charge in [0, 0.05) is 19.2 Å². The third kappa shape index (κ3) is 3.80. The van der Waals surface area contributed by atoms with Gasteiger partial charge in [-0.2, -0.15) is 0 Å². The highest BCUT2D eigenvalue weighted by Crippen LogP contribution is 2.39. The molecule has 0 aliphatic heterocycles. The summed E-state index contributed by atoms with van der Waals surface area (Å²) in [6.07, 6.45) is 2.64.